The molecule has 0 aliphatic carbocycles. The Kier molecular flexibility index (Phi) is 6.16. The van der Waals surface area contributed by atoms with Crippen molar-refractivity contribution in [3.05, 3.63) is 0 Å². The van der Waals surface area contributed by atoms with Crippen molar-refractivity contribution >= 4 is 26.3 Å². The van der Waals surface area contributed by atoms with Gasteiger partial charge in [-0.2, -0.15) is 0 Å². The largest absolute Gasteiger partial charge is 0.699 e. The molecule has 1 fully saturated rings. The summed E-state index contributed by atoms with van der Waals surface area (Å²) in [4.78, 5) is 17.1. The number of nitrogens with one attached hydrogen (secondary N) is 1. The first kappa shape index (κ1) is 16.0. The number of hydrogen-bond donors (Lipinski definition) is 3. The van der Waals surface area contributed by atoms with Gasteiger partial charge in [0.25, 0.3) is 0 Å². The smallest absolute Gasteiger partial charge is 0.258 e. The van der Waals surface area contributed by atoms with Gasteiger partial charge in [-0.3, -0.25) is 5.32 Å². The Balaban J connectivity index is 2.50. The molecule has 18 heavy (non-hydrogen) atoms. The third-order valence-corrected chi connectivity index (χ3v) is 4.76. The molecule has 1 aliphatic heterocycles. The van der Waals surface area contributed by atoms with Gasteiger partial charge in [-0.1, -0.05) is 9.05 Å². The monoisotopic (exact) mass is 321 g/mol. The van der Waals surface area contributed by atoms with Gasteiger partial charge in [-0.05, 0) is 12.8 Å². The predicted molar refractivity (Wildman–Crippen MR) is 60.4 cm³/mol. The molecule has 0 amide bonds. The van der Waals surface area contributed by atoms with Crippen LogP contribution in [0.4, 0.5) is 0 Å². The van der Waals surface area contributed by atoms with Crippen molar-refractivity contribution in [1.82, 2.24) is 5.32 Å². The van der Waals surface area contributed by atoms with Crippen molar-refractivity contribution in [3.8, 4) is 0 Å². The SMILES string of the molecule is O=[P+](O)OC(NC1CCS(=O)(=O)CC1)O[P+](=O)O. The maximum absolute atomic E-state index is 11.2. The van der Waals surface area contributed by atoms with E-state index in [1.807, 2.05) is 0 Å². The van der Waals surface area contributed by atoms with Crippen LogP contribution in [0.3, 0.4) is 0 Å². The van der Waals surface area contributed by atoms with E-state index in [2.05, 4.69) is 14.4 Å². The molecule has 1 aliphatic rings. The lowest BCUT2D eigenvalue weighted by molar-refractivity contribution is -0.0334. The van der Waals surface area contributed by atoms with Crippen LogP contribution in [0.25, 0.3) is 0 Å². The van der Waals surface area contributed by atoms with Gasteiger partial charge >= 0.3 is 22.9 Å². The van der Waals surface area contributed by atoms with Crippen LogP contribution in [0.1, 0.15) is 12.8 Å². The van der Waals surface area contributed by atoms with E-state index < -0.39 is 32.8 Å². The van der Waals surface area contributed by atoms with Crippen molar-refractivity contribution in [1.29, 1.82) is 0 Å². The van der Waals surface area contributed by atoms with Gasteiger partial charge in [-0.25, -0.2) is 8.42 Å². The van der Waals surface area contributed by atoms with Crippen LogP contribution in [0.2, 0.25) is 0 Å². The Morgan fingerprint density at radius 2 is 1.56 bits per heavy atom. The minimum Gasteiger partial charge on any atom is -0.258 e. The molecular formula is C6H13NO8P2S+2. The number of hydrogen-bond acceptors (Lipinski definition) is 7. The average molecular weight is 321 g/mol. The lowest BCUT2D eigenvalue weighted by Gasteiger charge is -2.23. The normalized spacial score (nSPS) is 23.4. The maximum atomic E-state index is 11.2. The van der Waals surface area contributed by atoms with Crippen LogP contribution in [-0.4, -0.2) is 42.2 Å². The molecule has 104 valence electrons. The maximum Gasteiger partial charge on any atom is 0.699 e. The molecule has 2 atom stereocenters. The number of sulfone groups is 1. The van der Waals surface area contributed by atoms with E-state index in [9.17, 15) is 17.5 Å². The molecule has 0 aromatic rings. The highest BCUT2D eigenvalue weighted by Crippen LogP contribution is 2.26. The summed E-state index contributed by atoms with van der Waals surface area (Å²) in [6.45, 7) is 0. The van der Waals surface area contributed by atoms with Crippen LogP contribution in [0.15, 0.2) is 0 Å². The van der Waals surface area contributed by atoms with Gasteiger partial charge < -0.3 is 0 Å². The molecule has 12 heteroatoms. The molecule has 0 spiro atoms. The fourth-order valence-electron chi connectivity index (χ4n) is 1.49. The topological polar surface area (TPSA) is 139 Å². The zero-order valence-electron chi connectivity index (χ0n) is 9.13. The third kappa shape index (κ3) is 6.21. The van der Waals surface area contributed by atoms with Crippen molar-refractivity contribution in [3.63, 3.8) is 0 Å². The second-order valence-corrected chi connectivity index (χ2v) is 7.29. The molecule has 0 bridgehead atoms. The molecule has 0 aromatic heterocycles. The summed E-state index contributed by atoms with van der Waals surface area (Å²) >= 11 is 0. The fraction of sp³-hybridized carbons (Fsp3) is 1.00. The molecule has 0 radical (unpaired) electrons. The summed E-state index contributed by atoms with van der Waals surface area (Å²) < 4.78 is 52.0. The average Bonchev–Trinajstić information content (AvgIpc) is 2.19. The Labute approximate surface area is 105 Å². The van der Waals surface area contributed by atoms with Crippen LogP contribution < -0.4 is 5.32 Å². The first-order valence-corrected chi connectivity index (χ1v) is 8.99. The lowest BCUT2D eigenvalue weighted by atomic mass is 10.2. The summed E-state index contributed by atoms with van der Waals surface area (Å²) in [5.74, 6) is -0.0399. The molecule has 1 saturated heterocycles. The van der Waals surface area contributed by atoms with Crippen LogP contribution in [0, 0.1) is 0 Å². The van der Waals surface area contributed by atoms with Crippen LogP contribution in [0.5, 0.6) is 0 Å². The molecule has 0 aromatic carbocycles. The lowest BCUT2D eigenvalue weighted by Crippen LogP contribution is -2.44. The first-order chi connectivity index (χ1) is 8.28. The second kappa shape index (κ2) is 6.93. The van der Waals surface area contributed by atoms with Crippen molar-refractivity contribution in [2.75, 3.05) is 11.5 Å². The Hall–Kier alpha value is -0.0500. The molecule has 9 nitrogen and oxygen atoms in total. The standard InChI is InChI=1S/C6H11NO8P2S/c8-16(9)14-6(15-17(10)11)7-5-1-3-18(12,13)4-2-5/h5-7H,1-4H2/p+2. The van der Waals surface area contributed by atoms with Crippen LogP contribution >= 0.6 is 16.5 Å². The second-order valence-electron chi connectivity index (χ2n) is 3.61. The highest BCUT2D eigenvalue weighted by Gasteiger charge is 2.35. The van der Waals surface area contributed by atoms with Crippen molar-refractivity contribution in [2.24, 2.45) is 0 Å². The molecule has 1 rings (SSSR count). The zero-order chi connectivity index (χ0) is 13.8. The quantitative estimate of drug-likeness (QED) is 0.447. The summed E-state index contributed by atoms with van der Waals surface area (Å²) in [7, 11) is -9.06. The molecule has 2 unspecified atom stereocenters. The van der Waals surface area contributed by atoms with E-state index in [0.717, 1.165) is 0 Å². The molecule has 1 heterocycles. The number of rotatable bonds is 6. The van der Waals surface area contributed by atoms with E-state index in [4.69, 9.17) is 9.79 Å². The van der Waals surface area contributed by atoms with Gasteiger partial charge in [0.1, 0.15) is 9.84 Å². The van der Waals surface area contributed by atoms with Gasteiger partial charge in [0.15, 0.2) is 0 Å². The van der Waals surface area contributed by atoms with Crippen LogP contribution in [-0.2, 0) is 28.0 Å². The summed E-state index contributed by atoms with van der Waals surface area (Å²) in [6.07, 6.45) is -0.982. The van der Waals surface area contributed by atoms with E-state index in [0.29, 0.717) is 0 Å². The van der Waals surface area contributed by atoms with E-state index in [1.54, 1.807) is 0 Å². The minimum absolute atomic E-state index is 0.0199. The van der Waals surface area contributed by atoms with E-state index in [-0.39, 0.29) is 30.4 Å². The highest BCUT2D eigenvalue weighted by molar-refractivity contribution is 7.91. The predicted octanol–water partition coefficient (Wildman–Crippen LogP) is -0.231. The molecule has 3 N–H and O–H groups in total. The van der Waals surface area contributed by atoms with Gasteiger partial charge in [0.05, 0.1) is 11.5 Å². The van der Waals surface area contributed by atoms with Gasteiger partial charge in [0, 0.05) is 15.2 Å². The van der Waals surface area contributed by atoms with E-state index >= 15 is 0 Å². The van der Waals surface area contributed by atoms with Crippen molar-refractivity contribution < 1.29 is 36.4 Å². The summed E-state index contributed by atoms with van der Waals surface area (Å²) in [5.41, 5.74) is 0. The van der Waals surface area contributed by atoms with Gasteiger partial charge in [-0.15, -0.1) is 9.79 Å². The van der Waals surface area contributed by atoms with Gasteiger partial charge in [0.2, 0.25) is 0 Å². The molecular weight excluding hydrogens is 308 g/mol. The minimum atomic E-state index is -3.03. The highest BCUT2D eigenvalue weighted by atomic mass is 32.2. The Bertz CT molecular complexity index is 395. The Morgan fingerprint density at radius 1 is 1.11 bits per heavy atom. The van der Waals surface area contributed by atoms with E-state index in [1.165, 1.54) is 0 Å². The summed E-state index contributed by atoms with van der Waals surface area (Å²) in [5, 5.41) is 2.56. The fourth-order valence-corrected chi connectivity index (χ4v) is 3.59. The first-order valence-electron chi connectivity index (χ1n) is 4.91. The summed E-state index contributed by atoms with van der Waals surface area (Å²) in [6, 6.07) is -0.330. The molecule has 0 saturated carbocycles. The zero-order valence-corrected chi connectivity index (χ0v) is 11.7. The third-order valence-electron chi connectivity index (χ3n) is 2.30. The van der Waals surface area contributed by atoms with Crippen molar-refractivity contribution in [2.45, 2.75) is 25.3 Å². The Morgan fingerprint density at radius 3 is 1.94 bits per heavy atom.